The Bertz CT molecular complexity index is 744. The van der Waals surface area contributed by atoms with E-state index < -0.39 is 16.7 Å². The Morgan fingerprint density at radius 3 is 2.57 bits per heavy atom. The Labute approximate surface area is 127 Å². The van der Waals surface area contributed by atoms with Crippen LogP contribution in [0, 0.1) is 10.1 Å². The van der Waals surface area contributed by atoms with Gasteiger partial charge < -0.3 is 11.1 Å². The quantitative estimate of drug-likeness (QED) is 0.664. The number of nitrogens with zero attached hydrogens (tertiary/aromatic N) is 1. The van der Waals surface area contributed by atoms with E-state index in [1.807, 2.05) is 0 Å². The van der Waals surface area contributed by atoms with Gasteiger partial charge in [0, 0.05) is 6.07 Å². The Morgan fingerprint density at radius 1 is 1.33 bits per heavy atom. The zero-order chi connectivity index (χ0) is 15.6. The maximum absolute atomic E-state index is 12.0. The molecule has 0 aliphatic rings. The minimum absolute atomic E-state index is 0.0611. The number of rotatable bonds is 4. The van der Waals surface area contributed by atoms with Gasteiger partial charge in [0.05, 0.1) is 16.2 Å². The summed E-state index contributed by atoms with van der Waals surface area (Å²) in [5, 5.41) is 13.2. The molecule has 7 nitrogen and oxygen atoms in total. The molecule has 0 radical (unpaired) electrons. The average Bonchev–Trinajstić information content (AvgIpc) is 2.81. The number of hydrogen-bond donors (Lipinski definition) is 2. The highest BCUT2D eigenvalue weighted by atomic mass is 35.5. The number of amides is 2. The van der Waals surface area contributed by atoms with Gasteiger partial charge in [-0.3, -0.25) is 19.7 Å². The van der Waals surface area contributed by atoms with Gasteiger partial charge in [0.2, 0.25) is 0 Å². The Hall–Kier alpha value is -2.45. The standard InChI is InChI=1S/C12H8ClN3O4S/c13-10-8(16(19)20)5-9(21-10)12(18)15-7-4-2-1-3-6(7)11(14)17/h1-5H,(H2,14,17)(H,15,18). The average molecular weight is 326 g/mol. The third-order valence-corrected chi connectivity index (χ3v) is 3.87. The minimum Gasteiger partial charge on any atom is -0.366 e. The summed E-state index contributed by atoms with van der Waals surface area (Å²) >= 11 is 6.47. The van der Waals surface area contributed by atoms with Crippen LogP contribution >= 0.6 is 22.9 Å². The summed E-state index contributed by atoms with van der Waals surface area (Å²) in [5.74, 6) is -1.30. The van der Waals surface area contributed by atoms with Gasteiger partial charge >= 0.3 is 0 Å². The molecule has 3 N–H and O–H groups in total. The molecule has 21 heavy (non-hydrogen) atoms. The van der Waals surface area contributed by atoms with E-state index in [0.717, 1.165) is 17.4 Å². The van der Waals surface area contributed by atoms with Crippen molar-refractivity contribution in [1.82, 2.24) is 0 Å². The van der Waals surface area contributed by atoms with Crippen molar-refractivity contribution in [2.75, 3.05) is 5.32 Å². The van der Waals surface area contributed by atoms with Crippen molar-refractivity contribution in [2.45, 2.75) is 0 Å². The van der Waals surface area contributed by atoms with Gasteiger partial charge in [-0.25, -0.2) is 0 Å². The van der Waals surface area contributed by atoms with Crippen LogP contribution in [0.25, 0.3) is 0 Å². The highest BCUT2D eigenvalue weighted by Crippen LogP contribution is 2.34. The summed E-state index contributed by atoms with van der Waals surface area (Å²) in [7, 11) is 0. The first kappa shape index (κ1) is 14.9. The highest BCUT2D eigenvalue weighted by molar-refractivity contribution is 7.18. The molecular weight excluding hydrogens is 318 g/mol. The highest BCUT2D eigenvalue weighted by Gasteiger charge is 2.21. The first-order chi connectivity index (χ1) is 9.90. The van der Waals surface area contributed by atoms with E-state index in [0.29, 0.717) is 0 Å². The molecule has 0 fully saturated rings. The lowest BCUT2D eigenvalue weighted by Crippen LogP contribution is -2.17. The molecule has 2 amide bonds. The molecule has 0 saturated heterocycles. The van der Waals surface area contributed by atoms with Crippen LogP contribution in [0.5, 0.6) is 0 Å². The number of nitrogens with one attached hydrogen (secondary N) is 1. The summed E-state index contributed by atoms with van der Waals surface area (Å²) in [4.78, 5) is 33.4. The summed E-state index contributed by atoms with van der Waals surface area (Å²) in [5.41, 5.74) is 5.23. The normalized spacial score (nSPS) is 10.1. The van der Waals surface area contributed by atoms with Gasteiger partial charge in [-0.2, -0.15) is 0 Å². The third-order valence-electron chi connectivity index (χ3n) is 2.53. The number of thiophene rings is 1. The number of halogens is 1. The van der Waals surface area contributed by atoms with Gasteiger partial charge in [0.25, 0.3) is 17.5 Å². The predicted molar refractivity (Wildman–Crippen MR) is 78.9 cm³/mol. The summed E-state index contributed by atoms with van der Waals surface area (Å²) in [6, 6.07) is 7.26. The van der Waals surface area contributed by atoms with Gasteiger partial charge in [-0.15, -0.1) is 11.3 Å². The van der Waals surface area contributed by atoms with Crippen LogP contribution in [0.15, 0.2) is 30.3 Å². The predicted octanol–water partition coefficient (Wildman–Crippen LogP) is 2.66. The Balaban J connectivity index is 2.29. The van der Waals surface area contributed by atoms with Crippen LogP contribution in [0.3, 0.4) is 0 Å². The van der Waals surface area contributed by atoms with Crippen molar-refractivity contribution in [3.8, 4) is 0 Å². The van der Waals surface area contributed by atoms with Crippen LogP contribution in [0.1, 0.15) is 20.0 Å². The molecule has 0 spiro atoms. The second-order valence-corrected chi connectivity index (χ2v) is 5.54. The summed E-state index contributed by atoms with van der Waals surface area (Å²) in [6.07, 6.45) is 0. The molecule has 0 aliphatic heterocycles. The number of carbonyl (C=O) groups excluding carboxylic acids is 2. The Kier molecular flexibility index (Phi) is 4.20. The van der Waals surface area contributed by atoms with E-state index >= 15 is 0 Å². The number of para-hydroxylation sites is 1. The molecule has 1 aromatic heterocycles. The van der Waals surface area contributed by atoms with Crippen molar-refractivity contribution < 1.29 is 14.5 Å². The van der Waals surface area contributed by atoms with E-state index in [4.69, 9.17) is 17.3 Å². The first-order valence-electron chi connectivity index (χ1n) is 5.54. The van der Waals surface area contributed by atoms with Crippen molar-refractivity contribution in [1.29, 1.82) is 0 Å². The smallest absolute Gasteiger partial charge is 0.299 e. The van der Waals surface area contributed by atoms with E-state index in [1.54, 1.807) is 12.1 Å². The van der Waals surface area contributed by atoms with E-state index in [-0.39, 0.29) is 26.2 Å². The maximum Gasteiger partial charge on any atom is 0.299 e. The number of hydrogen-bond acceptors (Lipinski definition) is 5. The van der Waals surface area contributed by atoms with Crippen LogP contribution < -0.4 is 11.1 Å². The molecule has 2 rings (SSSR count). The number of anilines is 1. The number of nitro groups is 1. The lowest BCUT2D eigenvalue weighted by atomic mass is 10.1. The fourth-order valence-corrected chi connectivity index (χ4v) is 2.70. The van der Waals surface area contributed by atoms with Crippen molar-refractivity contribution in [2.24, 2.45) is 5.73 Å². The number of benzene rings is 1. The molecule has 0 saturated carbocycles. The van der Waals surface area contributed by atoms with Crippen LogP contribution in [-0.2, 0) is 0 Å². The van der Waals surface area contributed by atoms with Crippen LogP contribution in [0.2, 0.25) is 4.34 Å². The minimum atomic E-state index is -0.693. The SMILES string of the molecule is NC(=O)c1ccccc1NC(=O)c1cc([N+](=O)[O-])c(Cl)s1. The molecular formula is C12H8ClN3O4S. The molecule has 108 valence electrons. The van der Waals surface area contributed by atoms with E-state index in [9.17, 15) is 19.7 Å². The molecule has 0 unspecified atom stereocenters. The third kappa shape index (κ3) is 3.18. The molecule has 1 aromatic carbocycles. The molecule has 0 aliphatic carbocycles. The van der Waals surface area contributed by atoms with Crippen molar-refractivity contribution in [3.05, 3.63) is 55.2 Å². The van der Waals surface area contributed by atoms with Gasteiger partial charge in [-0.05, 0) is 12.1 Å². The second kappa shape index (κ2) is 5.90. The maximum atomic E-state index is 12.0. The molecule has 0 bridgehead atoms. The fourth-order valence-electron chi connectivity index (χ4n) is 1.59. The zero-order valence-electron chi connectivity index (χ0n) is 10.3. The topological polar surface area (TPSA) is 115 Å². The number of carbonyl (C=O) groups is 2. The van der Waals surface area contributed by atoms with Gasteiger partial charge in [0.15, 0.2) is 4.34 Å². The van der Waals surface area contributed by atoms with Gasteiger partial charge in [-0.1, -0.05) is 23.7 Å². The van der Waals surface area contributed by atoms with Crippen molar-refractivity contribution >= 4 is 46.1 Å². The molecule has 0 atom stereocenters. The second-order valence-electron chi connectivity index (χ2n) is 3.89. The zero-order valence-corrected chi connectivity index (χ0v) is 11.9. The summed E-state index contributed by atoms with van der Waals surface area (Å²) < 4.78 is -0.0895. The lowest BCUT2D eigenvalue weighted by molar-refractivity contribution is -0.384. The number of primary amides is 1. The van der Waals surface area contributed by atoms with Crippen LogP contribution in [0.4, 0.5) is 11.4 Å². The lowest BCUT2D eigenvalue weighted by Gasteiger charge is -2.07. The monoisotopic (exact) mass is 325 g/mol. The molecule has 2 aromatic rings. The van der Waals surface area contributed by atoms with E-state index in [2.05, 4.69) is 5.32 Å². The van der Waals surface area contributed by atoms with E-state index in [1.165, 1.54) is 12.1 Å². The van der Waals surface area contributed by atoms with Gasteiger partial charge in [0.1, 0.15) is 4.88 Å². The molecule has 9 heteroatoms. The fraction of sp³-hybridized carbons (Fsp3) is 0. The van der Waals surface area contributed by atoms with Crippen molar-refractivity contribution in [3.63, 3.8) is 0 Å². The first-order valence-corrected chi connectivity index (χ1v) is 6.73. The number of nitrogens with two attached hydrogens (primary N) is 1. The summed E-state index contributed by atoms with van der Waals surface area (Å²) in [6.45, 7) is 0. The largest absolute Gasteiger partial charge is 0.366 e. The molecule has 1 heterocycles. The Morgan fingerprint density at radius 2 is 2.00 bits per heavy atom. The van der Waals surface area contributed by atoms with Crippen LogP contribution in [-0.4, -0.2) is 16.7 Å².